The van der Waals surface area contributed by atoms with Crippen molar-refractivity contribution in [3.63, 3.8) is 0 Å². The van der Waals surface area contributed by atoms with Crippen LogP contribution in [0.5, 0.6) is 0 Å². The van der Waals surface area contributed by atoms with Crippen molar-refractivity contribution in [2.45, 2.75) is 25.4 Å². The summed E-state index contributed by atoms with van der Waals surface area (Å²) >= 11 is 6.67. The van der Waals surface area contributed by atoms with E-state index in [2.05, 4.69) is 38.1 Å². The van der Waals surface area contributed by atoms with E-state index in [0.29, 0.717) is 44.8 Å². The van der Waals surface area contributed by atoms with Crippen LogP contribution in [0.2, 0.25) is 5.02 Å². The second kappa shape index (κ2) is 10.9. The lowest BCUT2D eigenvalue weighted by atomic mass is 10.0. The summed E-state index contributed by atoms with van der Waals surface area (Å²) in [6.45, 7) is 1.94. The van der Waals surface area contributed by atoms with Gasteiger partial charge in [0.05, 0.1) is 39.6 Å². The number of fused-ring (bicyclic) bond motifs is 1. The molecule has 192 valence electrons. The van der Waals surface area contributed by atoms with Gasteiger partial charge in [-0.1, -0.05) is 48.9 Å². The number of hydrazine groups is 2. The number of pyridine rings is 1. The van der Waals surface area contributed by atoms with Crippen LogP contribution >= 0.6 is 11.6 Å². The third kappa shape index (κ3) is 5.05. The molecule has 3 aromatic carbocycles. The van der Waals surface area contributed by atoms with Crippen molar-refractivity contribution in [3.05, 3.63) is 112 Å². The minimum absolute atomic E-state index is 0.309. The average Bonchev–Trinajstić information content (AvgIpc) is 3.46. The Balaban J connectivity index is 1.59. The molecule has 0 bridgehead atoms. The third-order valence-electron chi connectivity index (χ3n) is 6.38. The highest BCUT2D eigenvalue weighted by Gasteiger charge is 2.22. The van der Waals surface area contributed by atoms with Crippen LogP contribution in [0, 0.1) is 23.0 Å². The van der Waals surface area contributed by atoms with E-state index in [4.69, 9.17) is 11.6 Å². The quantitative estimate of drug-likeness (QED) is 0.184. The number of nitrogens with one attached hydrogen (secondary N) is 5. The molecule has 0 spiro atoms. The number of rotatable bonds is 8. The van der Waals surface area contributed by atoms with Crippen LogP contribution in [0.4, 0.5) is 20.2 Å². The Morgan fingerprint density at radius 3 is 2.55 bits per heavy atom. The van der Waals surface area contributed by atoms with E-state index < -0.39 is 6.04 Å². The Hall–Kier alpha value is -4.39. The van der Waals surface area contributed by atoms with Gasteiger partial charge in [-0.05, 0) is 42.3 Å². The summed E-state index contributed by atoms with van der Waals surface area (Å²) in [6.07, 6.45) is 3.80. The Morgan fingerprint density at radius 1 is 1.08 bits per heavy atom. The highest BCUT2D eigenvalue weighted by Crippen LogP contribution is 2.37. The smallest absolute Gasteiger partial charge is 0.128 e. The maximum absolute atomic E-state index is 14.6. The van der Waals surface area contributed by atoms with Crippen LogP contribution in [0.25, 0.3) is 10.9 Å². The first-order valence-electron chi connectivity index (χ1n) is 12.0. The number of hydrogen-bond acceptors (Lipinski definition) is 7. The summed E-state index contributed by atoms with van der Waals surface area (Å²) in [4.78, 5) is 4.42. The van der Waals surface area contributed by atoms with E-state index in [1.165, 1.54) is 24.4 Å². The summed E-state index contributed by atoms with van der Waals surface area (Å²) < 4.78 is 28.3. The number of halogens is 3. The maximum atomic E-state index is 14.6. The molecule has 0 radical (unpaired) electrons. The molecule has 0 amide bonds. The van der Waals surface area contributed by atoms with Crippen LogP contribution in [-0.2, 0) is 0 Å². The lowest BCUT2D eigenvalue weighted by Gasteiger charge is -2.24. The van der Waals surface area contributed by atoms with Crippen molar-refractivity contribution < 1.29 is 8.78 Å². The van der Waals surface area contributed by atoms with E-state index in [1.54, 1.807) is 42.6 Å². The number of nitriles is 1. The molecule has 7 nitrogen and oxygen atoms in total. The van der Waals surface area contributed by atoms with E-state index in [0.717, 1.165) is 11.3 Å². The fourth-order valence-electron chi connectivity index (χ4n) is 4.49. The van der Waals surface area contributed by atoms with Gasteiger partial charge in [0.25, 0.3) is 0 Å². The normalized spacial score (nSPS) is 14.1. The average molecular weight is 532 g/mol. The summed E-state index contributed by atoms with van der Waals surface area (Å²) in [5, 5.41) is 17.7. The minimum Gasteiger partial charge on any atom is -0.376 e. The first kappa shape index (κ1) is 25.3. The molecule has 5 rings (SSSR count). The second-order valence-corrected chi connectivity index (χ2v) is 9.17. The zero-order valence-electron chi connectivity index (χ0n) is 20.3. The van der Waals surface area contributed by atoms with Crippen molar-refractivity contribution in [2.75, 3.05) is 10.6 Å². The van der Waals surface area contributed by atoms with E-state index in [-0.39, 0.29) is 17.7 Å². The number of nitrogens with zero attached hydrogens (tertiary/aromatic N) is 2. The van der Waals surface area contributed by atoms with Crippen LogP contribution in [-0.4, -0.2) is 4.98 Å². The Kier molecular flexibility index (Phi) is 7.26. The SMILES string of the molecule is CCC(Nc1c(C#N)cnc2c(Cl)cc(N[C@H](C3=CNNN3)c3ccc(F)cc3)cc12)c1ccccc1F. The van der Waals surface area contributed by atoms with Crippen molar-refractivity contribution in [1.82, 2.24) is 21.4 Å². The molecule has 0 saturated heterocycles. The van der Waals surface area contributed by atoms with Gasteiger partial charge in [-0.25, -0.2) is 8.78 Å². The van der Waals surface area contributed by atoms with Crippen LogP contribution in [0.15, 0.2) is 78.8 Å². The molecule has 1 aliphatic rings. The maximum Gasteiger partial charge on any atom is 0.128 e. The van der Waals surface area contributed by atoms with Gasteiger partial charge in [-0.15, -0.1) is 0 Å². The van der Waals surface area contributed by atoms with Gasteiger partial charge in [0, 0.05) is 29.0 Å². The van der Waals surface area contributed by atoms with Gasteiger partial charge in [0.1, 0.15) is 17.7 Å². The van der Waals surface area contributed by atoms with Crippen LogP contribution in [0.1, 0.15) is 42.1 Å². The molecular formula is C28H24ClF2N7. The summed E-state index contributed by atoms with van der Waals surface area (Å²) in [5.41, 5.74) is 12.8. The fourth-order valence-corrected chi connectivity index (χ4v) is 4.76. The third-order valence-corrected chi connectivity index (χ3v) is 6.67. The predicted molar refractivity (Wildman–Crippen MR) is 145 cm³/mol. The summed E-state index contributed by atoms with van der Waals surface area (Å²) in [5.74, 6) is -0.664. The van der Waals surface area contributed by atoms with E-state index in [9.17, 15) is 14.0 Å². The first-order chi connectivity index (χ1) is 18.5. The van der Waals surface area contributed by atoms with Gasteiger partial charge in [0.2, 0.25) is 0 Å². The number of benzene rings is 3. The molecule has 10 heteroatoms. The molecule has 5 N–H and O–H groups in total. The minimum atomic E-state index is -0.392. The number of aromatic nitrogens is 1. The Morgan fingerprint density at radius 2 is 1.87 bits per heavy atom. The lowest BCUT2D eigenvalue weighted by Crippen LogP contribution is -2.33. The molecule has 1 aromatic heterocycles. The molecule has 38 heavy (non-hydrogen) atoms. The van der Waals surface area contributed by atoms with Gasteiger partial charge < -0.3 is 21.5 Å². The molecule has 0 fully saturated rings. The topological polar surface area (TPSA) is 96.8 Å². The zero-order chi connectivity index (χ0) is 26.6. The molecule has 1 aliphatic heterocycles. The molecule has 1 unspecified atom stereocenters. The van der Waals surface area contributed by atoms with Crippen molar-refractivity contribution in [1.29, 1.82) is 5.26 Å². The molecule has 0 saturated carbocycles. The number of hydrogen-bond donors (Lipinski definition) is 5. The molecule has 4 aromatic rings. The predicted octanol–water partition coefficient (Wildman–Crippen LogP) is 6.21. The van der Waals surface area contributed by atoms with E-state index >= 15 is 0 Å². The monoisotopic (exact) mass is 531 g/mol. The van der Waals surface area contributed by atoms with Gasteiger partial charge in [-0.2, -0.15) is 10.8 Å². The van der Waals surface area contributed by atoms with Gasteiger partial charge in [-0.3, -0.25) is 4.98 Å². The van der Waals surface area contributed by atoms with Crippen molar-refractivity contribution in [3.8, 4) is 6.07 Å². The first-order valence-corrected chi connectivity index (χ1v) is 12.4. The molecule has 2 atom stereocenters. The molecule has 2 heterocycles. The van der Waals surface area contributed by atoms with Gasteiger partial charge >= 0.3 is 0 Å². The zero-order valence-corrected chi connectivity index (χ0v) is 21.1. The Bertz CT molecular complexity index is 1550. The van der Waals surface area contributed by atoms with Crippen molar-refractivity contribution >= 4 is 33.9 Å². The van der Waals surface area contributed by atoms with Gasteiger partial charge in [0.15, 0.2) is 0 Å². The second-order valence-electron chi connectivity index (χ2n) is 8.76. The molecular weight excluding hydrogens is 508 g/mol. The summed E-state index contributed by atoms with van der Waals surface area (Å²) in [7, 11) is 0. The summed E-state index contributed by atoms with van der Waals surface area (Å²) in [6, 6.07) is 17.7. The lowest BCUT2D eigenvalue weighted by molar-refractivity contribution is 0.582. The highest BCUT2D eigenvalue weighted by molar-refractivity contribution is 6.35. The fraction of sp³-hybridized carbons (Fsp3) is 0.143. The standard InChI is InChI=1S/C28H24ClF2N7/c1-2-24(20-5-3-4-6-23(20)31)36-26-17(13-32)14-33-28-21(26)11-19(12-22(28)29)35-27(25-15-34-38-37-25)16-7-9-18(30)10-8-16/h3-12,14-15,24,27,34-35,37-38H,2H2,1H3,(H,33,36)/t24?,27-/m0/s1. The highest BCUT2D eigenvalue weighted by atomic mass is 35.5. The number of anilines is 2. The van der Waals surface area contributed by atoms with Crippen molar-refractivity contribution in [2.24, 2.45) is 0 Å². The van der Waals surface area contributed by atoms with Crippen LogP contribution in [0.3, 0.4) is 0 Å². The van der Waals surface area contributed by atoms with Crippen LogP contribution < -0.4 is 27.0 Å². The Labute approximate surface area is 223 Å². The largest absolute Gasteiger partial charge is 0.376 e. The molecule has 0 aliphatic carbocycles. The van der Waals surface area contributed by atoms with E-state index in [1.807, 2.05) is 13.0 Å².